The van der Waals surface area contributed by atoms with Crippen LogP contribution in [0.1, 0.15) is 5.76 Å². The van der Waals surface area contributed by atoms with Gasteiger partial charge in [0.05, 0.1) is 28.0 Å². The molecule has 0 atom stereocenters. The molecule has 2 heterocycles. The van der Waals surface area contributed by atoms with Gasteiger partial charge >= 0.3 is 0 Å². The van der Waals surface area contributed by atoms with E-state index < -0.39 is 0 Å². The molecule has 1 N–H and O–H groups in total. The number of nitrogens with one attached hydrogen (secondary N) is 1. The number of hydrogen-bond acceptors (Lipinski definition) is 4. The lowest BCUT2D eigenvalue weighted by molar-refractivity contribution is 0.174. The number of benzene rings is 1. The molecular formula is C12H9BrClNO3. The van der Waals surface area contributed by atoms with E-state index in [0.29, 0.717) is 23.1 Å². The summed E-state index contributed by atoms with van der Waals surface area (Å²) in [7, 11) is 0. The van der Waals surface area contributed by atoms with Crippen molar-refractivity contribution >= 4 is 33.2 Å². The SMILES string of the molecule is Clc1cc2c(cc1NCc1occc1Br)OCO2. The highest BCUT2D eigenvalue weighted by atomic mass is 79.9. The van der Waals surface area contributed by atoms with Gasteiger partial charge in [0.2, 0.25) is 6.79 Å². The third-order valence-electron chi connectivity index (χ3n) is 2.59. The molecule has 1 aromatic carbocycles. The summed E-state index contributed by atoms with van der Waals surface area (Å²) >= 11 is 9.54. The standard InChI is InChI=1S/C12H9BrClNO3/c13-7-1-2-16-12(7)5-15-9-4-11-10(3-8(9)14)17-6-18-11/h1-4,15H,5-6H2. The van der Waals surface area contributed by atoms with Crippen molar-refractivity contribution in [2.24, 2.45) is 0 Å². The van der Waals surface area contributed by atoms with E-state index in [1.165, 1.54) is 0 Å². The molecule has 1 aliphatic rings. The fraction of sp³-hybridized carbons (Fsp3) is 0.167. The molecule has 4 nitrogen and oxygen atoms in total. The number of furan rings is 1. The normalized spacial score (nSPS) is 12.8. The van der Waals surface area contributed by atoms with E-state index >= 15 is 0 Å². The van der Waals surface area contributed by atoms with Crippen molar-refractivity contribution in [3.05, 3.63) is 39.7 Å². The van der Waals surface area contributed by atoms with Gasteiger partial charge in [0.15, 0.2) is 11.5 Å². The van der Waals surface area contributed by atoms with Crippen LogP contribution in [0.25, 0.3) is 0 Å². The fourth-order valence-corrected chi connectivity index (χ4v) is 2.24. The molecule has 1 aliphatic heterocycles. The monoisotopic (exact) mass is 329 g/mol. The smallest absolute Gasteiger partial charge is 0.231 e. The van der Waals surface area contributed by atoms with Crippen LogP contribution in [0.2, 0.25) is 5.02 Å². The van der Waals surface area contributed by atoms with Gasteiger partial charge in [-0.3, -0.25) is 0 Å². The quantitative estimate of drug-likeness (QED) is 0.922. The van der Waals surface area contributed by atoms with E-state index in [2.05, 4.69) is 21.2 Å². The van der Waals surface area contributed by atoms with Gasteiger partial charge in [0.25, 0.3) is 0 Å². The van der Waals surface area contributed by atoms with Crippen LogP contribution in [0.4, 0.5) is 5.69 Å². The lowest BCUT2D eigenvalue weighted by Gasteiger charge is -2.08. The zero-order valence-corrected chi connectivity index (χ0v) is 11.5. The molecule has 0 fully saturated rings. The minimum Gasteiger partial charge on any atom is -0.466 e. The lowest BCUT2D eigenvalue weighted by atomic mass is 10.2. The number of rotatable bonds is 3. The highest BCUT2D eigenvalue weighted by Crippen LogP contribution is 2.39. The second kappa shape index (κ2) is 4.74. The number of fused-ring (bicyclic) bond motifs is 1. The Hall–Kier alpha value is -1.33. The van der Waals surface area contributed by atoms with E-state index in [4.69, 9.17) is 25.5 Å². The molecular weight excluding hydrogens is 321 g/mol. The van der Waals surface area contributed by atoms with Crippen molar-refractivity contribution in [3.8, 4) is 11.5 Å². The summed E-state index contributed by atoms with van der Waals surface area (Å²) < 4.78 is 16.8. The largest absolute Gasteiger partial charge is 0.466 e. The van der Waals surface area contributed by atoms with Gasteiger partial charge in [0.1, 0.15) is 5.76 Å². The first-order valence-corrected chi connectivity index (χ1v) is 6.46. The first kappa shape index (κ1) is 11.7. The molecule has 6 heteroatoms. The van der Waals surface area contributed by atoms with E-state index in [-0.39, 0.29) is 6.79 Å². The third-order valence-corrected chi connectivity index (χ3v) is 3.61. The van der Waals surface area contributed by atoms with Crippen LogP contribution in [0, 0.1) is 0 Å². The Morgan fingerprint density at radius 1 is 1.28 bits per heavy atom. The van der Waals surface area contributed by atoms with Crippen LogP contribution in [0.15, 0.2) is 33.4 Å². The van der Waals surface area contributed by atoms with Crippen LogP contribution in [-0.2, 0) is 6.54 Å². The number of anilines is 1. The number of halogens is 2. The van der Waals surface area contributed by atoms with Crippen LogP contribution in [0.3, 0.4) is 0 Å². The van der Waals surface area contributed by atoms with E-state index in [0.717, 1.165) is 15.9 Å². The maximum Gasteiger partial charge on any atom is 0.231 e. The fourth-order valence-electron chi connectivity index (χ4n) is 1.68. The Bertz CT molecular complexity index is 585. The van der Waals surface area contributed by atoms with Gasteiger partial charge in [-0.1, -0.05) is 11.6 Å². The third kappa shape index (κ3) is 2.15. The van der Waals surface area contributed by atoms with Crippen LogP contribution in [-0.4, -0.2) is 6.79 Å². The van der Waals surface area contributed by atoms with Gasteiger partial charge in [-0.05, 0) is 22.0 Å². The topological polar surface area (TPSA) is 43.6 Å². The first-order chi connectivity index (χ1) is 8.74. The van der Waals surface area contributed by atoms with Gasteiger partial charge in [-0.2, -0.15) is 0 Å². The Kier molecular flexibility index (Phi) is 3.09. The second-order valence-electron chi connectivity index (χ2n) is 3.73. The molecule has 0 spiro atoms. The maximum absolute atomic E-state index is 6.15. The molecule has 2 aromatic rings. The molecule has 0 aliphatic carbocycles. The molecule has 0 saturated heterocycles. The van der Waals surface area contributed by atoms with Crippen molar-refractivity contribution in [2.45, 2.75) is 6.54 Å². The van der Waals surface area contributed by atoms with E-state index in [1.54, 1.807) is 12.3 Å². The second-order valence-corrected chi connectivity index (χ2v) is 4.99. The number of hydrogen-bond donors (Lipinski definition) is 1. The molecule has 0 saturated carbocycles. The van der Waals surface area contributed by atoms with Gasteiger partial charge in [-0.15, -0.1) is 0 Å². The zero-order chi connectivity index (χ0) is 12.5. The summed E-state index contributed by atoms with van der Waals surface area (Å²) in [6.45, 7) is 0.770. The molecule has 18 heavy (non-hydrogen) atoms. The average molecular weight is 331 g/mol. The average Bonchev–Trinajstić information content (AvgIpc) is 2.95. The Balaban J connectivity index is 1.79. The van der Waals surface area contributed by atoms with E-state index in [1.807, 2.05) is 12.1 Å². The molecule has 3 rings (SSSR count). The summed E-state index contributed by atoms with van der Waals surface area (Å²) in [6, 6.07) is 5.41. The Labute approximate surface area is 117 Å². The predicted molar refractivity (Wildman–Crippen MR) is 71.3 cm³/mol. The lowest BCUT2D eigenvalue weighted by Crippen LogP contribution is -1.99. The highest BCUT2D eigenvalue weighted by Gasteiger charge is 2.16. The molecule has 0 unspecified atom stereocenters. The minimum absolute atomic E-state index is 0.235. The first-order valence-electron chi connectivity index (χ1n) is 5.29. The molecule has 94 valence electrons. The van der Waals surface area contributed by atoms with Crippen molar-refractivity contribution in [1.29, 1.82) is 0 Å². The van der Waals surface area contributed by atoms with Crippen molar-refractivity contribution in [1.82, 2.24) is 0 Å². The van der Waals surface area contributed by atoms with Gasteiger partial charge in [0, 0.05) is 12.1 Å². The summed E-state index contributed by atoms with van der Waals surface area (Å²) in [6.07, 6.45) is 1.63. The van der Waals surface area contributed by atoms with Crippen LogP contribution < -0.4 is 14.8 Å². The maximum atomic E-state index is 6.15. The molecule has 0 bridgehead atoms. The summed E-state index contributed by atoms with van der Waals surface area (Å²) in [5, 5.41) is 3.78. The Morgan fingerprint density at radius 2 is 2.06 bits per heavy atom. The molecule has 1 aromatic heterocycles. The number of ether oxygens (including phenoxy) is 2. The summed E-state index contributed by atoms with van der Waals surface area (Å²) in [5.74, 6) is 2.17. The Morgan fingerprint density at radius 3 is 2.78 bits per heavy atom. The van der Waals surface area contributed by atoms with Crippen LogP contribution >= 0.6 is 27.5 Å². The van der Waals surface area contributed by atoms with Crippen LogP contribution in [0.5, 0.6) is 11.5 Å². The van der Waals surface area contributed by atoms with Gasteiger partial charge in [-0.25, -0.2) is 0 Å². The molecule has 0 amide bonds. The van der Waals surface area contributed by atoms with Crippen molar-refractivity contribution in [2.75, 3.05) is 12.1 Å². The summed E-state index contributed by atoms with van der Waals surface area (Å²) in [5.41, 5.74) is 0.782. The molecule has 0 radical (unpaired) electrons. The summed E-state index contributed by atoms with van der Waals surface area (Å²) in [4.78, 5) is 0. The van der Waals surface area contributed by atoms with E-state index in [9.17, 15) is 0 Å². The zero-order valence-electron chi connectivity index (χ0n) is 9.20. The van der Waals surface area contributed by atoms with Crippen molar-refractivity contribution in [3.63, 3.8) is 0 Å². The highest BCUT2D eigenvalue weighted by molar-refractivity contribution is 9.10. The van der Waals surface area contributed by atoms with Gasteiger partial charge < -0.3 is 19.2 Å². The predicted octanol–water partition coefficient (Wildman–Crippen LogP) is 4.04. The minimum atomic E-state index is 0.235. The van der Waals surface area contributed by atoms with Crippen molar-refractivity contribution < 1.29 is 13.9 Å².